The van der Waals surface area contributed by atoms with Gasteiger partial charge in [-0.25, -0.2) is 0 Å². The lowest BCUT2D eigenvalue weighted by Gasteiger charge is -2.17. The molecule has 0 saturated heterocycles. The molecule has 0 bridgehead atoms. The molecule has 0 unspecified atom stereocenters. The van der Waals surface area contributed by atoms with Gasteiger partial charge in [-0.1, -0.05) is 54.6 Å². The van der Waals surface area contributed by atoms with Crippen LogP contribution < -0.4 is 5.32 Å². The molecule has 1 N–H and O–H groups in total. The minimum absolute atomic E-state index is 0.0443. The van der Waals surface area contributed by atoms with Gasteiger partial charge in [0, 0.05) is 18.7 Å². The molecule has 6 heteroatoms. The number of rotatable bonds is 5. The van der Waals surface area contributed by atoms with Crippen molar-refractivity contribution in [2.75, 3.05) is 5.32 Å². The first-order valence-corrected chi connectivity index (χ1v) is 11.0. The molecule has 3 aromatic rings. The number of nitrogens with zero attached hydrogens (tertiary/aromatic N) is 3. The number of fused-ring (bicyclic) bond motifs is 1. The zero-order valence-corrected chi connectivity index (χ0v) is 17.7. The summed E-state index contributed by atoms with van der Waals surface area (Å²) in [6, 6.07) is 16.0. The highest BCUT2D eigenvalue weighted by molar-refractivity contribution is 8.00. The Bertz CT molecular complexity index is 979. The molecule has 0 saturated carbocycles. The van der Waals surface area contributed by atoms with E-state index in [1.807, 2.05) is 56.3 Å². The van der Waals surface area contributed by atoms with E-state index < -0.39 is 5.25 Å². The van der Waals surface area contributed by atoms with Crippen molar-refractivity contribution in [3.05, 3.63) is 71.0 Å². The molecule has 5 nitrogen and oxygen atoms in total. The predicted molar refractivity (Wildman–Crippen MR) is 117 cm³/mol. The number of carbonyl (C=O) groups excluding carboxylic acids is 1. The molecular weight excluding hydrogens is 380 g/mol. The fourth-order valence-electron chi connectivity index (χ4n) is 3.81. The standard InChI is InChI=1S/C23H26N4OS/c1-16-13-17(2)15-19(14-16)24-22(28)21(18-9-5-3-6-10-18)29-23-26-25-20-11-7-4-8-12-27(20)23/h3,5-6,9-10,13-15,21H,4,7-8,11-12H2,1-2H3,(H,24,28)/t21-/m1/s1. The van der Waals surface area contributed by atoms with Crippen LogP contribution >= 0.6 is 11.8 Å². The Labute approximate surface area is 175 Å². The van der Waals surface area contributed by atoms with Crippen molar-refractivity contribution < 1.29 is 4.79 Å². The maximum atomic E-state index is 13.3. The molecule has 1 aliphatic rings. The highest BCUT2D eigenvalue weighted by atomic mass is 32.2. The van der Waals surface area contributed by atoms with E-state index in [0.717, 1.165) is 59.2 Å². The number of nitrogens with one attached hydrogen (secondary N) is 1. The van der Waals surface area contributed by atoms with E-state index in [9.17, 15) is 4.79 Å². The van der Waals surface area contributed by atoms with Gasteiger partial charge in [0.05, 0.1) is 0 Å². The fourth-order valence-corrected chi connectivity index (χ4v) is 4.89. The van der Waals surface area contributed by atoms with Crippen LogP contribution in [-0.4, -0.2) is 20.7 Å². The third-order valence-corrected chi connectivity index (χ3v) is 6.36. The number of hydrogen-bond acceptors (Lipinski definition) is 4. The Hall–Kier alpha value is -2.60. The molecule has 4 rings (SSSR count). The van der Waals surface area contributed by atoms with Gasteiger partial charge in [-0.2, -0.15) is 0 Å². The lowest BCUT2D eigenvalue weighted by Crippen LogP contribution is -2.20. The molecule has 1 atom stereocenters. The summed E-state index contributed by atoms with van der Waals surface area (Å²) in [5.74, 6) is 0.990. The van der Waals surface area contributed by atoms with E-state index in [2.05, 4.69) is 26.1 Å². The second-order valence-corrected chi connectivity index (χ2v) is 8.71. The minimum Gasteiger partial charge on any atom is -0.325 e. The lowest BCUT2D eigenvalue weighted by molar-refractivity contribution is -0.115. The zero-order chi connectivity index (χ0) is 20.2. The largest absolute Gasteiger partial charge is 0.325 e. The SMILES string of the molecule is Cc1cc(C)cc(NC(=O)[C@H](Sc2nnc3n2CCCCC3)c2ccccc2)c1. The van der Waals surface area contributed by atoms with Crippen LogP contribution in [0.25, 0.3) is 0 Å². The second kappa shape index (κ2) is 8.82. The van der Waals surface area contributed by atoms with Crippen LogP contribution in [0.1, 0.15) is 47.0 Å². The number of benzene rings is 2. The van der Waals surface area contributed by atoms with Crippen LogP contribution in [0.4, 0.5) is 5.69 Å². The summed E-state index contributed by atoms with van der Waals surface area (Å²) in [6.07, 6.45) is 4.45. The Balaban J connectivity index is 1.62. The van der Waals surface area contributed by atoms with E-state index in [0.29, 0.717) is 0 Å². The molecule has 0 aliphatic carbocycles. The number of hydrogen-bond donors (Lipinski definition) is 1. The number of anilines is 1. The summed E-state index contributed by atoms with van der Waals surface area (Å²) in [5, 5.41) is 12.3. The second-order valence-electron chi connectivity index (χ2n) is 7.64. The van der Waals surface area contributed by atoms with Crippen molar-refractivity contribution in [3.8, 4) is 0 Å². The maximum Gasteiger partial charge on any atom is 0.242 e. The summed E-state index contributed by atoms with van der Waals surface area (Å²) in [4.78, 5) is 13.3. The van der Waals surface area contributed by atoms with Gasteiger partial charge in [0.2, 0.25) is 5.91 Å². The van der Waals surface area contributed by atoms with Crippen LogP contribution in [-0.2, 0) is 17.8 Å². The first kappa shape index (κ1) is 19.7. The smallest absolute Gasteiger partial charge is 0.242 e. The van der Waals surface area contributed by atoms with E-state index >= 15 is 0 Å². The van der Waals surface area contributed by atoms with E-state index in [1.54, 1.807) is 0 Å². The monoisotopic (exact) mass is 406 g/mol. The summed E-state index contributed by atoms with van der Waals surface area (Å²) in [6.45, 7) is 5.00. The molecule has 0 radical (unpaired) electrons. The number of amides is 1. The van der Waals surface area contributed by atoms with Crippen molar-refractivity contribution in [2.45, 2.75) is 56.5 Å². The highest BCUT2D eigenvalue weighted by Gasteiger charge is 2.26. The maximum absolute atomic E-state index is 13.3. The van der Waals surface area contributed by atoms with Gasteiger partial charge in [0.1, 0.15) is 11.1 Å². The Kier molecular flexibility index (Phi) is 6.00. The number of carbonyl (C=O) groups is 1. The normalized spacial score (nSPS) is 14.7. The molecule has 1 amide bonds. The Morgan fingerprint density at radius 2 is 1.79 bits per heavy atom. The summed E-state index contributed by atoms with van der Waals surface area (Å²) >= 11 is 1.49. The van der Waals surface area contributed by atoms with Gasteiger partial charge in [-0.05, 0) is 55.5 Å². The predicted octanol–water partition coefficient (Wildman–Crippen LogP) is 5.09. The van der Waals surface area contributed by atoms with E-state index in [1.165, 1.54) is 18.2 Å². The van der Waals surface area contributed by atoms with Gasteiger partial charge in [-0.15, -0.1) is 10.2 Å². The lowest BCUT2D eigenvalue weighted by atomic mass is 10.1. The molecule has 0 spiro atoms. The van der Waals surface area contributed by atoms with Crippen molar-refractivity contribution >= 4 is 23.4 Å². The van der Waals surface area contributed by atoms with Crippen molar-refractivity contribution in [2.24, 2.45) is 0 Å². The quantitative estimate of drug-likeness (QED) is 0.599. The highest BCUT2D eigenvalue weighted by Crippen LogP contribution is 2.36. The number of aryl methyl sites for hydroxylation is 3. The zero-order valence-electron chi connectivity index (χ0n) is 16.9. The summed E-state index contributed by atoms with van der Waals surface area (Å²) in [5.41, 5.74) is 4.05. The van der Waals surface area contributed by atoms with Crippen LogP contribution in [0.15, 0.2) is 53.7 Å². The van der Waals surface area contributed by atoms with Crippen LogP contribution in [0.2, 0.25) is 0 Å². The van der Waals surface area contributed by atoms with Gasteiger partial charge < -0.3 is 9.88 Å². The van der Waals surface area contributed by atoms with Gasteiger partial charge in [0.15, 0.2) is 5.16 Å². The molecule has 29 heavy (non-hydrogen) atoms. The molecule has 2 heterocycles. The minimum atomic E-state index is -0.395. The fraction of sp³-hybridized carbons (Fsp3) is 0.348. The average molecular weight is 407 g/mol. The van der Waals surface area contributed by atoms with Crippen LogP contribution in [0.3, 0.4) is 0 Å². The van der Waals surface area contributed by atoms with Crippen LogP contribution in [0, 0.1) is 13.8 Å². The van der Waals surface area contributed by atoms with Gasteiger partial charge >= 0.3 is 0 Å². The van der Waals surface area contributed by atoms with E-state index in [4.69, 9.17) is 0 Å². The summed E-state index contributed by atoms with van der Waals surface area (Å²) < 4.78 is 2.19. The molecule has 150 valence electrons. The van der Waals surface area contributed by atoms with Crippen LogP contribution in [0.5, 0.6) is 0 Å². The van der Waals surface area contributed by atoms with Gasteiger partial charge in [-0.3, -0.25) is 4.79 Å². The third-order valence-electron chi connectivity index (χ3n) is 5.13. The van der Waals surface area contributed by atoms with Gasteiger partial charge in [0.25, 0.3) is 0 Å². The average Bonchev–Trinajstić information content (AvgIpc) is 2.91. The topological polar surface area (TPSA) is 59.8 Å². The molecule has 2 aromatic carbocycles. The molecule has 1 aromatic heterocycles. The first-order chi connectivity index (χ1) is 14.1. The Morgan fingerprint density at radius 3 is 2.55 bits per heavy atom. The van der Waals surface area contributed by atoms with Crippen molar-refractivity contribution in [3.63, 3.8) is 0 Å². The third kappa shape index (κ3) is 4.70. The van der Waals surface area contributed by atoms with Crippen molar-refractivity contribution in [1.82, 2.24) is 14.8 Å². The van der Waals surface area contributed by atoms with Crippen molar-refractivity contribution in [1.29, 1.82) is 0 Å². The Morgan fingerprint density at radius 1 is 1.03 bits per heavy atom. The number of aromatic nitrogens is 3. The molecular formula is C23H26N4OS. The first-order valence-electron chi connectivity index (χ1n) is 10.1. The summed E-state index contributed by atoms with van der Waals surface area (Å²) in [7, 11) is 0. The molecule has 0 fully saturated rings. The van der Waals surface area contributed by atoms with E-state index in [-0.39, 0.29) is 5.91 Å². The molecule has 1 aliphatic heterocycles. The number of thioether (sulfide) groups is 1.